The Balaban J connectivity index is 1.68. The molecule has 1 amide bonds. The van der Waals surface area contributed by atoms with Gasteiger partial charge in [0.1, 0.15) is 0 Å². The zero-order chi connectivity index (χ0) is 15.0. The van der Waals surface area contributed by atoms with Crippen molar-refractivity contribution >= 4 is 27.8 Å². The average Bonchev–Trinajstić information content (AvgIpc) is 3.06. The standard InChI is InChI=1S/C15H16BrNO4/c16-9-4-2-1-3-8(9)7-17-14(18)12-10-5-6-11(21-10)13(12)15(19)20/h1-4,10-13H,5-7H2,(H,17,18)(H,19,20)/t10-,11+,12+,13-/m0/s1. The number of benzene rings is 1. The zero-order valence-corrected chi connectivity index (χ0v) is 12.9. The molecule has 2 N–H and O–H groups in total. The molecule has 0 saturated carbocycles. The normalized spacial score (nSPS) is 30.3. The Labute approximate surface area is 130 Å². The molecule has 0 aliphatic carbocycles. The molecule has 0 unspecified atom stereocenters. The maximum atomic E-state index is 12.4. The van der Waals surface area contributed by atoms with Crippen LogP contribution in [0.15, 0.2) is 28.7 Å². The number of carbonyl (C=O) groups is 2. The molecule has 6 heteroatoms. The minimum Gasteiger partial charge on any atom is -0.481 e. The molecule has 21 heavy (non-hydrogen) atoms. The second-order valence-electron chi connectivity index (χ2n) is 5.49. The molecule has 1 aromatic carbocycles. The summed E-state index contributed by atoms with van der Waals surface area (Å²) in [6.45, 7) is 0.375. The SMILES string of the molecule is O=C(O)[C@@H]1[C@H](C(=O)NCc2ccccc2Br)[C@@H]2CC[C@H]1O2. The Bertz CT molecular complexity index is 577. The Morgan fingerprint density at radius 1 is 1.24 bits per heavy atom. The van der Waals surface area contributed by atoms with Gasteiger partial charge in [-0.25, -0.2) is 0 Å². The molecule has 0 radical (unpaired) electrons. The lowest BCUT2D eigenvalue weighted by Crippen LogP contribution is -2.43. The van der Waals surface area contributed by atoms with E-state index in [1.54, 1.807) is 0 Å². The van der Waals surface area contributed by atoms with Crippen LogP contribution in [-0.4, -0.2) is 29.2 Å². The van der Waals surface area contributed by atoms with E-state index in [2.05, 4.69) is 21.2 Å². The first-order chi connectivity index (χ1) is 10.1. The van der Waals surface area contributed by atoms with Crippen molar-refractivity contribution in [2.45, 2.75) is 31.6 Å². The number of carbonyl (C=O) groups excluding carboxylic acids is 1. The third-order valence-corrected chi connectivity index (χ3v) is 5.05. The number of carboxylic acid groups (broad SMARTS) is 1. The van der Waals surface area contributed by atoms with Gasteiger partial charge in [0, 0.05) is 11.0 Å². The summed E-state index contributed by atoms with van der Waals surface area (Å²) in [5, 5.41) is 12.2. The van der Waals surface area contributed by atoms with Crippen LogP contribution < -0.4 is 5.32 Å². The highest BCUT2D eigenvalue weighted by atomic mass is 79.9. The second kappa shape index (κ2) is 5.77. The van der Waals surface area contributed by atoms with E-state index in [0.717, 1.165) is 22.9 Å². The minimum atomic E-state index is -0.941. The number of rotatable bonds is 4. The molecular formula is C15H16BrNO4. The van der Waals surface area contributed by atoms with E-state index in [-0.39, 0.29) is 18.1 Å². The fraction of sp³-hybridized carbons (Fsp3) is 0.467. The monoisotopic (exact) mass is 353 g/mol. The Hall–Kier alpha value is -1.40. The number of fused-ring (bicyclic) bond motifs is 2. The van der Waals surface area contributed by atoms with Gasteiger partial charge in [-0.3, -0.25) is 9.59 Å². The van der Waals surface area contributed by atoms with Crippen LogP contribution in [0, 0.1) is 11.8 Å². The van der Waals surface area contributed by atoms with Gasteiger partial charge in [-0.2, -0.15) is 0 Å². The Kier molecular flexibility index (Phi) is 3.99. The van der Waals surface area contributed by atoms with Gasteiger partial charge >= 0.3 is 5.97 Å². The third-order valence-electron chi connectivity index (χ3n) is 4.27. The number of hydrogen-bond acceptors (Lipinski definition) is 3. The van der Waals surface area contributed by atoms with Gasteiger partial charge in [-0.15, -0.1) is 0 Å². The highest BCUT2D eigenvalue weighted by molar-refractivity contribution is 9.10. The van der Waals surface area contributed by atoms with Crippen LogP contribution in [0.3, 0.4) is 0 Å². The van der Waals surface area contributed by atoms with E-state index in [0.29, 0.717) is 6.54 Å². The van der Waals surface area contributed by atoms with Crippen molar-refractivity contribution in [2.24, 2.45) is 11.8 Å². The number of amides is 1. The van der Waals surface area contributed by atoms with Gasteiger partial charge in [0.05, 0.1) is 24.0 Å². The summed E-state index contributed by atoms with van der Waals surface area (Å²) < 4.78 is 6.53. The summed E-state index contributed by atoms with van der Waals surface area (Å²) in [6.07, 6.45) is 0.930. The van der Waals surface area contributed by atoms with E-state index >= 15 is 0 Å². The van der Waals surface area contributed by atoms with Crippen molar-refractivity contribution < 1.29 is 19.4 Å². The summed E-state index contributed by atoms with van der Waals surface area (Å²) in [5.41, 5.74) is 0.960. The van der Waals surface area contributed by atoms with Gasteiger partial charge < -0.3 is 15.2 Å². The molecule has 4 atom stereocenters. The summed E-state index contributed by atoms with van der Waals surface area (Å²) in [4.78, 5) is 23.7. The molecule has 3 rings (SSSR count). The van der Waals surface area contributed by atoms with Crippen LogP contribution in [0.25, 0.3) is 0 Å². The van der Waals surface area contributed by atoms with Crippen molar-refractivity contribution in [1.82, 2.24) is 5.32 Å². The van der Waals surface area contributed by atoms with Gasteiger partial charge in [-0.05, 0) is 24.5 Å². The summed E-state index contributed by atoms with van der Waals surface area (Å²) in [6, 6.07) is 7.62. The second-order valence-corrected chi connectivity index (χ2v) is 6.34. The predicted molar refractivity (Wildman–Crippen MR) is 78.5 cm³/mol. The van der Waals surface area contributed by atoms with Gasteiger partial charge in [0.2, 0.25) is 5.91 Å². The number of carboxylic acids is 1. The van der Waals surface area contributed by atoms with Crippen molar-refractivity contribution in [3.8, 4) is 0 Å². The van der Waals surface area contributed by atoms with Gasteiger partial charge in [0.15, 0.2) is 0 Å². The first kappa shape index (κ1) is 14.5. The number of nitrogens with one attached hydrogen (secondary N) is 1. The summed E-state index contributed by atoms with van der Waals surface area (Å²) in [5.74, 6) is -2.47. The molecule has 2 saturated heterocycles. The summed E-state index contributed by atoms with van der Waals surface area (Å²) >= 11 is 3.43. The average molecular weight is 354 g/mol. The molecule has 0 aromatic heterocycles. The Morgan fingerprint density at radius 2 is 1.90 bits per heavy atom. The van der Waals surface area contributed by atoms with E-state index in [1.807, 2.05) is 24.3 Å². The van der Waals surface area contributed by atoms with Crippen molar-refractivity contribution in [1.29, 1.82) is 0 Å². The lowest BCUT2D eigenvalue weighted by molar-refractivity contribution is -0.147. The molecule has 2 bridgehead atoms. The maximum Gasteiger partial charge on any atom is 0.310 e. The van der Waals surface area contributed by atoms with Crippen LogP contribution in [0.2, 0.25) is 0 Å². The van der Waals surface area contributed by atoms with Crippen molar-refractivity contribution in [2.75, 3.05) is 0 Å². The minimum absolute atomic E-state index is 0.231. The fourth-order valence-corrected chi connectivity index (χ4v) is 3.69. The van der Waals surface area contributed by atoms with Crippen molar-refractivity contribution in [3.63, 3.8) is 0 Å². The first-order valence-corrected chi connectivity index (χ1v) is 7.76. The van der Waals surface area contributed by atoms with Crippen molar-refractivity contribution in [3.05, 3.63) is 34.3 Å². The smallest absolute Gasteiger partial charge is 0.310 e. The van der Waals surface area contributed by atoms with E-state index in [4.69, 9.17) is 4.74 Å². The number of aliphatic carboxylic acids is 1. The van der Waals surface area contributed by atoms with Crippen LogP contribution in [0.4, 0.5) is 0 Å². The Morgan fingerprint density at radius 3 is 2.57 bits per heavy atom. The third kappa shape index (κ3) is 2.70. The number of ether oxygens (including phenoxy) is 1. The fourth-order valence-electron chi connectivity index (χ4n) is 3.27. The van der Waals surface area contributed by atoms with E-state index in [9.17, 15) is 14.7 Å². The molecule has 2 aliphatic heterocycles. The number of halogens is 1. The van der Waals surface area contributed by atoms with Crippen LogP contribution in [-0.2, 0) is 20.9 Å². The highest BCUT2D eigenvalue weighted by Gasteiger charge is 2.55. The van der Waals surface area contributed by atoms with Crippen LogP contribution in [0.5, 0.6) is 0 Å². The van der Waals surface area contributed by atoms with Crippen LogP contribution in [0.1, 0.15) is 18.4 Å². The molecule has 112 valence electrons. The molecule has 0 spiro atoms. The van der Waals surface area contributed by atoms with Gasteiger partial charge in [0.25, 0.3) is 0 Å². The maximum absolute atomic E-state index is 12.4. The zero-order valence-electron chi connectivity index (χ0n) is 11.3. The lowest BCUT2D eigenvalue weighted by Gasteiger charge is -2.24. The molecule has 2 fully saturated rings. The molecule has 1 aromatic rings. The highest BCUT2D eigenvalue weighted by Crippen LogP contribution is 2.43. The first-order valence-electron chi connectivity index (χ1n) is 6.97. The van der Waals surface area contributed by atoms with E-state index < -0.39 is 17.8 Å². The molecule has 2 aliphatic rings. The molecule has 2 heterocycles. The predicted octanol–water partition coefficient (Wildman–Crippen LogP) is 1.94. The quantitative estimate of drug-likeness (QED) is 0.867. The molecular weight excluding hydrogens is 338 g/mol. The van der Waals surface area contributed by atoms with Gasteiger partial charge in [-0.1, -0.05) is 34.1 Å². The van der Waals surface area contributed by atoms with Crippen LogP contribution >= 0.6 is 15.9 Å². The molecule has 5 nitrogen and oxygen atoms in total. The topological polar surface area (TPSA) is 75.6 Å². The lowest BCUT2D eigenvalue weighted by atomic mass is 9.78. The largest absolute Gasteiger partial charge is 0.481 e. The van der Waals surface area contributed by atoms with E-state index in [1.165, 1.54) is 0 Å². The number of hydrogen-bond donors (Lipinski definition) is 2. The summed E-state index contributed by atoms with van der Waals surface area (Å²) in [7, 11) is 0.